The third-order valence-corrected chi connectivity index (χ3v) is 6.57. The Morgan fingerprint density at radius 1 is 1.22 bits per heavy atom. The average molecular weight is 382 g/mol. The normalized spacial score (nSPS) is 18.2. The number of rotatable bonds is 4. The summed E-state index contributed by atoms with van der Waals surface area (Å²) in [6, 6.07) is 2.20. The molecule has 3 aromatic heterocycles. The van der Waals surface area contributed by atoms with Crippen LogP contribution in [0.15, 0.2) is 24.0 Å². The van der Waals surface area contributed by atoms with Crippen molar-refractivity contribution in [2.45, 2.75) is 38.6 Å². The van der Waals surface area contributed by atoms with Gasteiger partial charge in [0, 0.05) is 25.1 Å². The molecule has 7 nitrogen and oxygen atoms in total. The van der Waals surface area contributed by atoms with Crippen molar-refractivity contribution in [3.8, 4) is 0 Å². The molecule has 1 amide bonds. The van der Waals surface area contributed by atoms with Gasteiger partial charge in [0.15, 0.2) is 0 Å². The molecule has 140 valence electrons. The van der Waals surface area contributed by atoms with E-state index in [1.807, 2.05) is 10.7 Å². The predicted octanol–water partition coefficient (Wildman–Crippen LogP) is 3.39. The summed E-state index contributed by atoms with van der Waals surface area (Å²) < 4.78 is 3.16. The number of hydrogen-bond donors (Lipinski definition) is 1. The molecule has 0 unspecified atom stereocenters. The van der Waals surface area contributed by atoms with Crippen molar-refractivity contribution in [1.29, 1.82) is 0 Å². The summed E-state index contributed by atoms with van der Waals surface area (Å²) in [6.07, 6.45) is 7.41. The lowest BCUT2D eigenvalue weighted by molar-refractivity contribution is -0.117. The van der Waals surface area contributed by atoms with E-state index in [0.29, 0.717) is 6.04 Å². The minimum absolute atomic E-state index is 0.130. The number of nitrogens with zero attached hydrogens (tertiary/aromatic N) is 5. The lowest BCUT2D eigenvalue weighted by atomic mass is 10.1. The van der Waals surface area contributed by atoms with E-state index in [1.165, 1.54) is 10.3 Å². The van der Waals surface area contributed by atoms with Crippen molar-refractivity contribution >= 4 is 39.1 Å². The lowest BCUT2D eigenvalue weighted by Gasteiger charge is -2.33. The maximum absolute atomic E-state index is 12.1. The number of hydrogen-bond acceptors (Lipinski definition) is 6. The Kier molecular flexibility index (Phi) is 4.07. The van der Waals surface area contributed by atoms with E-state index in [1.54, 1.807) is 23.9 Å². The van der Waals surface area contributed by atoms with Crippen molar-refractivity contribution in [3.63, 3.8) is 0 Å². The number of carbonyl (C=O) groups is 1. The third kappa shape index (κ3) is 3.07. The first-order chi connectivity index (χ1) is 13.2. The van der Waals surface area contributed by atoms with Gasteiger partial charge in [-0.25, -0.2) is 14.6 Å². The van der Waals surface area contributed by atoms with Gasteiger partial charge in [-0.05, 0) is 43.6 Å². The molecule has 1 saturated heterocycles. The molecular formula is C19H22N6OS. The van der Waals surface area contributed by atoms with E-state index < -0.39 is 0 Å². The van der Waals surface area contributed by atoms with Crippen LogP contribution in [-0.2, 0) is 4.79 Å². The number of amides is 1. The van der Waals surface area contributed by atoms with E-state index >= 15 is 0 Å². The van der Waals surface area contributed by atoms with Gasteiger partial charge in [-0.3, -0.25) is 4.79 Å². The first-order valence-corrected chi connectivity index (χ1v) is 10.4. The van der Waals surface area contributed by atoms with Gasteiger partial charge in [0.2, 0.25) is 5.91 Å². The van der Waals surface area contributed by atoms with Gasteiger partial charge >= 0.3 is 0 Å². The maximum Gasteiger partial charge on any atom is 0.228 e. The van der Waals surface area contributed by atoms with Crippen molar-refractivity contribution in [2.24, 2.45) is 5.92 Å². The Balaban J connectivity index is 1.30. The van der Waals surface area contributed by atoms with Gasteiger partial charge in [-0.1, -0.05) is 0 Å². The smallest absolute Gasteiger partial charge is 0.228 e. The number of piperidine rings is 1. The van der Waals surface area contributed by atoms with E-state index in [4.69, 9.17) is 0 Å². The molecule has 0 atom stereocenters. The fraction of sp³-hybridized carbons (Fsp3) is 0.474. The number of fused-ring (bicyclic) bond motifs is 1. The highest BCUT2D eigenvalue weighted by Crippen LogP contribution is 2.35. The zero-order valence-electron chi connectivity index (χ0n) is 15.3. The Morgan fingerprint density at radius 3 is 2.81 bits per heavy atom. The van der Waals surface area contributed by atoms with Crippen molar-refractivity contribution in [2.75, 3.05) is 23.3 Å². The van der Waals surface area contributed by atoms with E-state index in [0.717, 1.165) is 55.9 Å². The Morgan fingerprint density at radius 2 is 2.04 bits per heavy atom. The van der Waals surface area contributed by atoms with Crippen LogP contribution in [0.5, 0.6) is 0 Å². The Hall–Kier alpha value is -2.48. The summed E-state index contributed by atoms with van der Waals surface area (Å²) in [4.78, 5) is 23.4. The highest BCUT2D eigenvalue weighted by atomic mass is 32.1. The second-order valence-corrected chi connectivity index (χ2v) is 8.32. The standard InChI is InChI=1S/C19H22N6OS/c1-12-10-27-17-16(12)20-11-21-18(17)24-8-5-14(6-9-24)25-15(4-7-22-25)23-19(26)13-2-3-13/h4,7,10-11,13-14H,2-3,5-6,8-9H2,1H3,(H,23,26). The van der Waals surface area contributed by atoms with Gasteiger partial charge in [-0.2, -0.15) is 5.10 Å². The van der Waals surface area contributed by atoms with Crippen LogP contribution < -0.4 is 10.2 Å². The molecule has 4 heterocycles. The first kappa shape index (κ1) is 16.7. The summed E-state index contributed by atoms with van der Waals surface area (Å²) in [6.45, 7) is 3.93. The highest BCUT2D eigenvalue weighted by molar-refractivity contribution is 7.18. The van der Waals surface area contributed by atoms with Crippen molar-refractivity contribution in [1.82, 2.24) is 19.7 Å². The lowest BCUT2D eigenvalue weighted by Crippen LogP contribution is -2.36. The molecular weight excluding hydrogens is 360 g/mol. The second-order valence-electron chi connectivity index (χ2n) is 7.44. The van der Waals surface area contributed by atoms with Gasteiger partial charge in [0.1, 0.15) is 18.0 Å². The fourth-order valence-electron chi connectivity index (χ4n) is 3.78. The molecule has 0 bridgehead atoms. The molecule has 5 rings (SSSR count). The fourth-order valence-corrected chi connectivity index (χ4v) is 4.80. The predicted molar refractivity (Wildman–Crippen MR) is 106 cm³/mol. The molecule has 0 spiro atoms. The second kappa shape index (κ2) is 6.60. The van der Waals surface area contributed by atoms with Gasteiger partial charge in [0.05, 0.1) is 22.5 Å². The maximum atomic E-state index is 12.1. The molecule has 8 heteroatoms. The largest absolute Gasteiger partial charge is 0.355 e. The summed E-state index contributed by atoms with van der Waals surface area (Å²) >= 11 is 1.72. The highest BCUT2D eigenvalue weighted by Gasteiger charge is 2.31. The quantitative estimate of drug-likeness (QED) is 0.749. The Bertz CT molecular complexity index is 983. The average Bonchev–Trinajstić information content (AvgIpc) is 3.35. The molecule has 1 saturated carbocycles. The molecule has 2 aliphatic rings. The molecule has 27 heavy (non-hydrogen) atoms. The molecule has 0 aromatic carbocycles. The third-order valence-electron chi connectivity index (χ3n) is 5.49. The van der Waals surface area contributed by atoms with E-state index in [-0.39, 0.29) is 11.8 Å². The van der Waals surface area contributed by atoms with E-state index in [2.05, 4.69) is 37.6 Å². The molecule has 2 fully saturated rings. The number of carbonyl (C=O) groups excluding carboxylic acids is 1. The van der Waals surface area contributed by atoms with Gasteiger partial charge < -0.3 is 10.2 Å². The molecule has 0 radical (unpaired) electrons. The summed E-state index contributed by atoms with van der Waals surface area (Å²) in [5.41, 5.74) is 2.27. The van der Waals surface area contributed by atoms with Gasteiger partial charge in [0.25, 0.3) is 0 Å². The van der Waals surface area contributed by atoms with Gasteiger partial charge in [-0.15, -0.1) is 11.3 Å². The van der Waals surface area contributed by atoms with Crippen LogP contribution in [0, 0.1) is 12.8 Å². The summed E-state index contributed by atoms with van der Waals surface area (Å²) in [5.74, 6) is 2.19. The van der Waals surface area contributed by atoms with Crippen LogP contribution >= 0.6 is 11.3 Å². The number of thiophene rings is 1. The molecule has 1 N–H and O–H groups in total. The van der Waals surface area contributed by atoms with Crippen LogP contribution in [0.1, 0.15) is 37.3 Å². The number of aryl methyl sites for hydroxylation is 1. The monoisotopic (exact) mass is 382 g/mol. The number of nitrogens with one attached hydrogen (secondary N) is 1. The van der Waals surface area contributed by atoms with Crippen LogP contribution in [0.2, 0.25) is 0 Å². The molecule has 3 aromatic rings. The van der Waals surface area contributed by atoms with Crippen LogP contribution in [-0.4, -0.2) is 38.7 Å². The Labute approximate surface area is 161 Å². The summed E-state index contributed by atoms with van der Waals surface area (Å²) in [7, 11) is 0. The topological polar surface area (TPSA) is 75.9 Å². The van der Waals surface area contributed by atoms with Crippen molar-refractivity contribution < 1.29 is 4.79 Å². The van der Waals surface area contributed by atoms with Crippen LogP contribution in [0.25, 0.3) is 10.2 Å². The number of anilines is 2. The minimum atomic E-state index is 0.130. The van der Waals surface area contributed by atoms with E-state index in [9.17, 15) is 4.79 Å². The number of aromatic nitrogens is 4. The van der Waals surface area contributed by atoms with Crippen molar-refractivity contribution in [3.05, 3.63) is 29.5 Å². The van der Waals surface area contributed by atoms with Crippen LogP contribution in [0.4, 0.5) is 11.6 Å². The molecule has 1 aliphatic heterocycles. The molecule has 1 aliphatic carbocycles. The zero-order valence-corrected chi connectivity index (χ0v) is 16.1. The minimum Gasteiger partial charge on any atom is -0.355 e. The SMILES string of the molecule is Cc1csc2c(N3CCC(n4nccc4NC(=O)C4CC4)CC3)ncnc12. The first-order valence-electron chi connectivity index (χ1n) is 9.49. The van der Waals surface area contributed by atoms with Crippen LogP contribution in [0.3, 0.4) is 0 Å². The summed E-state index contributed by atoms with van der Waals surface area (Å²) in [5, 5.41) is 9.68. The zero-order chi connectivity index (χ0) is 18.4.